The minimum atomic E-state index is -1.20. The summed E-state index contributed by atoms with van der Waals surface area (Å²) in [7, 11) is 0.162. The van der Waals surface area contributed by atoms with E-state index < -0.39 is 14.0 Å². The van der Waals surface area contributed by atoms with Crippen LogP contribution in [-0.4, -0.2) is 37.3 Å². The molecular weight excluding hydrogens is 547 g/mol. The van der Waals surface area contributed by atoms with Gasteiger partial charge in [-0.15, -0.1) is 0 Å². The van der Waals surface area contributed by atoms with Crippen LogP contribution in [0.1, 0.15) is 15.9 Å². The van der Waals surface area contributed by atoms with Crippen molar-refractivity contribution in [1.29, 1.82) is 0 Å². The van der Waals surface area contributed by atoms with Crippen LogP contribution >= 0.6 is 34.2 Å². The molecule has 0 unspecified atom stereocenters. The zero-order valence-corrected chi connectivity index (χ0v) is 22.2. The number of esters is 1. The largest absolute Gasteiger partial charge is 0.465 e. The molecule has 0 fully saturated rings. The van der Waals surface area contributed by atoms with E-state index in [4.69, 9.17) is 25.8 Å². The van der Waals surface area contributed by atoms with E-state index in [2.05, 4.69) is 47.2 Å². The van der Waals surface area contributed by atoms with Gasteiger partial charge in [0.15, 0.2) is 0 Å². The van der Waals surface area contributed by atoms with E-state index in [-0.39, 0.29) is 0 Å². The maximum Gasteiger partial charge on any atom is 0.338 e. The first kappa shape index (κ1) is 24.0. The average Bonchev–Trinajstić information content (AvgIpc) is 3.01. The van der Waals surface area contributed by atoms with Crippen molar-refractivity contribution < 1.29 is 19.0 Å². The lowest BCUT2D eigenvalue weighted by Gasteiger charge is -2.16. The van der Waals surface area contributed by atoms with Crippen molar-refractivity contribution >= 4 is 59.3 Å². The molecule has 0 aliphatic rings. The molecule has 0 bridgehead atoms. The predicted molar refractivity (Wildman–Crippen MR) is 134 cm³/mol. The molecule has 0 atom stereocenters. The number of methoxy groups -OCH3 is 1. The summed E-state index contributed by atoms with van der Waals surface area (Å²) in [6, 6.07) is 10.5. The number of aryl methyl sites for hydroxylation is 1. The fourth-order valence-electron chi connectivity index (χ4n) is 2.93. The summed E-state index contributed by atoms with van der Waals surface area (Å²) < 4.78 is 19.7. The molecule has 1 aromatic heterocycles. The van der Waals surface area contributed by atoms with E-state index in [0.29, 0.717) is 35.7 Å². The van der Waals surface area contributed by atoms with Gasteiger partial charge in [-0.1, -0.05) is 37.3 Å². The molecule has 3 rings (SSSR count). The second-order valence-corrected chi connectivity index (χ2v) is 15.7. The second-order valence-electron chi connectivity index (χ2n) is 8.50. The maximum atomic E-state index is 12.0. The second kappa shape index (κ2) is 9.89. The fraction of sp³-hybridized carbons (Fsp3) is 0.364. The normalized spacial score (nSPS) is 11.7. The Kier molecular flexibility index (Phi) is 7.66. The van der Waals surface area contributed by atoms with Gasteiger partial charge < -0.3 is 14.2 Å². The minimum Gasteiger partial charge on any atom is -0.465 e. The molecule has 3 aromatic rings. The topological polar surface area (TPSA) is 62.6 Å². The molecule has 0 N–H and O–H groups in total. The predicted octanol–water partition coefficient (Wildman–Crippen LogP) is 6.49. The standard InChI is InChI=1S/C22H26ClIN2O4Si/c1-14-6-7-15(10-16(14)21(27)28-2)30-22-25-19-12-18(24)17(23)11-20(19)26(22)13-29-8-9-31(3,4)5/h6-7,10-12H,8-9,13H2,1-5H3. The van der Waals surface area contributed by atoms with Crippen LogP contribution in [0.15, 0.2) is 30.3 Å². The van der Waals surface area contributed by atoms with Crippen molar-refractivity contribution in [2.45, 2.75) is 39.3 Å². The quantitative estimate of drug-likeness (QED) is 0.134. The Morgan fingerprint density at radius 2 is 1.97 bits per heavy atom. The molecule has 0 saturated carbocycles. The minimum absolute atomic E-state index is 0.295. The molecule has 6 nitrogen and oxygen atoms in total. The summed E-state index contributed by atoms with van der Waals surface area (Å²) in [6.07, 6.45) is 0. The van der Waals surface area contributed by atoms with Gasteiger partial charge in [0.2, 0.25) is 0 Å². The summed E-state index contributed by atoms with van der Waals surface area (Å²) in [5.74, 6) is 0.0814. The molecule has 0 spiro atoms. The van der Waals surface area contributed by atoms with E-state index in [9.17, 15) is 4.79 Å². The smallest absolute Gasteiger partial charge is 0.338 e. The summed E-state index contributed by atoms with van der Waals surface area (Å²) >= 11 is 8.54. The van der Waals surface area contributed by atoms with E-state index in [0.717, 1.165) is 26.2 Å². The number of aromatic nitrogens is 2. The van der Waals surface area contributed by atoms with Crippen LogP contribution in [0.25, 0.3) is 11.0 Å². The number of imidazole rings is 1. The molecule has 2 aromatic carbocycles. The monoisotopic (exact) mass is 572 g/mol. The lowest BCUT2D eigenvalue weighted by atomic mass is 10.1. The molecule has 31 heavy (non-hydrogen) atoms. The van der Waals surface area contributed by atoms with Crippen molar-refractivity contribution in [2.75, 3.05) is 13.7 Å². The first-order valence-electron chi connectivity index (χ1n) is 9.89. The molecule has 0 radical (unpaired) electrons. The Labute approximate surface area is 202 Å². The molecular formula is C22H26ClIN2O4Si. The molecule has 1 heterocycles. The summed E-state index contributed by atoms with van der Waals surface area (Å²) in [5.41, 5.74) is 2.85. The van der Waals surface area contributed by atoms with Crippen LogP contribution in [0.3, 0.4) is 0 Å². The number of nitrogens with zero attached hydrogens (tertiary/aromatic N) is 2. The SMILES string of the molecule is COC(=O)c1cc(Oc2nc3cc(I)c(Cl)cc3n2COCC[Si](C)(C)C)ccc1C. The number of hydrogen-bond donors (Lipinski definition) is 0. The lowest BCUT2D eigenvalue weighted by Crippen LogP contribution is -2.22. The Balaban J connectivity index is 1.94. The molecule has 0 amide bonds. The molecule has 0 aliphatic carbocycles. The zero-order chi connectivity index (χ0) is 22.8. The van der Waals surface area contributed by atoms with Crippen LogP contribution in [0.4, 0.5) is 0 Å². The van der Waals surface area contributed by atoms with Gasteiger partial charge >= 0.3 is 12.0 Å². The van der Waals surface area contributed by atoms with Crippen molar-refractivity contribution in [1.82, 2.24) is 9.55 Å². The van der Waals surface area contributed by atoms with Gasteiger partial charge in [0.1, 0.15) is 12.5 Å². The van der Waals surface area contributed by atoms with Crippen molar-refractivity contribution in [3.63, 3.8) is 0 Å². The Bertz CT molecular complexity index is 1110. The summed E-state index contributed by atoms with van der Waals surface area (Å²) in [4.78, 5) is 16.7. The van der Waals surface area contributed by atoms with Gasteiger partial charge in [-0.05, 0) is 65.4 Å². The fourth-order valence-corrected chi connectivity index (χ4v) is 4.30. The summed E-state index contributed by atoms with van der Waals surface area (Å²) in [6.45, 7) is 9.76. The Morgan fingerprint density at radius 3 is 2.65 bits per heavy atom. The maximum absolute atomic E-state index is 12.0. The first-order valence-corrected chi connectivity index (χ1v) is 15.1. The van der Waals surface area contributed by atoms with Gasteiger partial charge in [0, 0.05) is 18.3 Å². The highest BCUT2D eigenvalue weighted by Gasteiger charge is 2.18. The highest BCUT2D eigenvalue weighted by atomic mass is 127. The first-order chi connectivity index (χ1) is 14.6. The van der Waals surface area contributed by atoms with E-state index in [1.807, 2.05) is 29.7 Å². The number of ether oxygens (including phenoxy) is 3. The van der Waals surface area contributed by atoms with Gasteiger partial charge in [-0.25, -0.2) is 4.79 Å². The van der Waals surface area contributed by atoms with Gasteiger partial charge in [0.05, 0.1) is 28.7 Å². The number of halogens is 2. The average molecular weight is 573 g/mol. The zero-order valence-electron chi connectivity index (χ0n) is 18.3. The van der Waals surface area contributed by atoms with Crippen molar-refractivity contribution in [2.24, 2.45) is 0 Å². The highest BCUT2D eigenvalue weighted by Crippen LogP contribution is 2.31. The molecule has 0 saturated heterocycles. The van der Waals surface area contributed by atoms with Crippen LogP contribution in [0.2, 0.25) is 30.7 Å². The third-order valence-electron chi connectivity index (χ3n) is 4.80. The van der Waals surface area contributed by atoms with Crippen molar-refractivity contribution in [3.05, 3.63) is 50.1 Å². The third kappa shape index (κ3) is 6.00. The lowest BCUT2D eigenvalue weighted by molar-refractivity contribution is 0.0599. The van der Waals surface area contributed by atoms with E-state index in [1.165, 1.54) is 7.11 Å². The number of benzene rings is 2. The number of fused-ring (bicyclic) bond motifs is 1. The molecule has 0 aliphatic heterocycles. The van der Waals surface area contributed by atoms with Crippen LogP contribution in [0.5, 0.6) is 11.8 Å². The number of hydrogen-bond acceptors (Lipinski definition) is 5. The summed E-state index contributed by atoms with van der Waals surface area (Å²) in [5, 5.41) is 0.645. The molecule has 166 valence electrons. The van der Waals surface area contributed by atoms with Gasteiger partial charge in [-0.2, -0.15) is 4.98 Å². The Morgan fingerprint density at radius 1 is 1.23 bits per heavy atom. The van der Waals surface area contributed by atoms with E-state index in [1.54, 1.807) is 12.1 Å². The molecule has 9 heteroatoms. The Hall–Kier alpha value is -1.62. The number of carbonyl (C=O) groups is 1. The van der Waals surface area contributed by atoms with Gasteiger partial charge in [0.25, 0.3) is 0 Å². The number of rotatable bonds is 8. The third-order valence-corrected chi connectivity index (χ3v) is 8.02. The number of carbonyl (C=O) groups excluding carboxylic acids is 1. The van der Waals surface area contributed by atoms with Gasteiger partial charge in [-0.3, -0.25) is 4.57 Å². The van der Waals surface area contributed by atoms with Crippen LogP contribution < -0.4 is 4.74 Å². The van der Waals surface area contributed by atoms with Crippen molar-refractivity contribution in [3.8, 4) is 11.8 Å². The van der Waals surface area contributed by atoms with E-state index >= 15 is 0 Å². The van der Waals surface area contributed by atoms with Crippen LogP contribution in [0, 0.1) is 10.5 Å². The highest BCUT2D eigenvalue weighted by molar-refractivity contribution is 14.1. The van der Waals surface area contributed by atoms with Crippen LogP contribution in [-0.2, 0) is 16.2 Å².